The summed E-state index contributed by atoms with van der Waals surface area (Å²) >= 11 is 0. The Kier molecular flexibility index (Phi) is 6.70. The zero-order valence-electron chi connectivity index (χ0n) is 12.5. The molecule has 1 rings (SSSR count). The number of hydrogen-bond donors (Lipinski definition) is 1. The van der Waals surface area contributed by atoms with Crippen LogP contribution in [0.4, 0.5) is 11.5 Å². The van der Waals surface area contributed by atoms with Crippen molar-refractivity contribution in [3.8, 4) is 0 Å². The van der Waals surface area contributed by atoms with E-state index in [1.54, 1.807) is 0 Å². The minimum Gasteiger partial charge on any atom is -0.466 e. The number of hydrogen-bond acceptors (Lipinski definition) is 5. The molecule has 0 radical (unpaired) electrons. The maximum Gasteiger partial charge on any atom is 0.307 e. The van der Waals surface area contributed by atoms with Crippen molar-refractivity contribution in [3.63, 3.8) is 0 Å². The van der Waals surface area contributed by atoms with Gasteiger partial charge in [-0.25, -0.2) is 4.98 Å². The van der Waals surface area contributed by atoms with Gasteiger partial charge in [-0.3, -0.25) is 9.79 Å². The number of esters is 1. The van der Waals surface area contributed by atoms with Gasteiger partial charge in [0.1, 0.15) is 5.69 Å². The van der Waals surface area contributed by atoms with E-state index in [1.165, 1.54) is 0 Å². The molecule has 110 valence electrons. The first-order chi connectivity index (χ1) is 9.60. The van der Waals surface area contributed by atoms with Gasteiger partial charge in [-0.2, -0.15) is 0 Å². The first kappa shape index (κ1) is 16.1. The standard InChI is InChI=1S/C15H23N3O2/c1-5-7-12(10-14(19)20-6-2)18-15-13(16-4)9-8-11(3)17-15/h8-9,12H,4-7,10H2,1-3H3,(H,17,18). The molecular weight excluding hydrogens is 254 g/mol. The van der Waals surface area contributed by atoms with Crippen molar-refractivity contribution in [2.45, 2.75) is 46.1 Å². The van der Waals surface area contributed by atoms with E-state index in [-0.39, 0.29) is 12.0 Å². The molecule has 0 saturated heterocycles. The molecule has 1 unspecified atom stereocenters. The van der Waals surface area contributed by atoms with Crippen LogP contribution < -0.4 is 5.32 Å². The summed E-state index contributed by atoms with van der Waals surface area (Å²) in [5.74, 6) is 0.474. The second-order valence-electron chi connectivity index (χ2n) is 4.62. The molecule has 1 heterocycles. The van der Waals surface area contributed by atoms with Crippen LogP contribution in [0.25, 0.3) is 0 Å². The maximum absolute atomic E-state index is 11.6. The summed E-state index contributed by atoms with van der Waals surface area (Å²) in [6, 6.07) is 3.74. The number of aliphatic imine (C=N–C) groups is 1. The molecule has 1 atom stereocenters. The van der Waals surface area contributed by atoms with E-state index in [2.05, 4.69) is 28.9 Å². The van der Waals surface area contributed by atoms with Crippen molar-refractivity contribution in [1.82, 2.24) is 4.98 Å². The highest BCUT2D eigenvalue weighted by molar-refractivity contribution is 5.71. The number of rotatable bonds is 8. The Morgan fingerprint density at radius 1 is 1.50 bits per heavy atom. The molecule has 0 aliphatic rings. The van der Waals surface area contributed by atoms with Crippen LogP contribution in [0.1, 0.15) is 38.8 Å². The van der Waals surface area contributed by atoms with Crippen molar-refractivity contribution in [3.05, 3.63) is 17.8 Å². The van der Waals surface area contributed by atoms with E-state index in [1.807, 2.05) is 26.0 Å². The predicted molar refractivity (Wildman–Crippen MR) is 81.8 cm³/mol. The van der Waals surface area contributed by atoms with E-state index in [4.69, 9.17) is 4.74 Å². The SMILES string of the molecule is C=Nc1ccc(C)nc1NC(CCC)CC(=O)OCC. The molecule has 1 N–H and O–H groups in total. The number of carbonyl (C=O) groups is 1. The van der Waals surface area contributed by atoms with Crippen LogP contribution in [0.2, 0.25) is 0 Å². The summed E-state index contributed by atoms with van der Waals surface area (Å²) in [5, 5.41) is 3.28. The van der Waals surface area contributed by atoms with Crippen molar-refractivity contribution >= 4 is 24.2 Å². The van der Waals surface area contributed by atoms with Crippen molar-refractivity contribution in [1.29, 1.82) is 0 Å². The average Bonchev–Trinajstić information content (AvgIpc) is 2.39. The number of nitrogens with zero attached hydrogens (tertiary/aromatic N) is 2. The number of anilines is 1. The number of aromatic nitrogens is 1. The fraction of sp³-hybridized carbons (Fsp3) is 0.533. The molecule has 1 aromatic rings. The molecule has 1 aromatic heterocycles. The molecule has 0 saturated carbocycles. The topological polar surface area (TPSA) is 63.6 Å². The summed E-state index contributed by atoms with van der Waals surface area (Å²) in [6.45, 7) is 9.75. The van der Waals surface area contributed by atoms with Gasteiger partial charge >= 0.3 is 5.97 Å². The quantitative estimate of drug-likeness (QED) is 0.585. The Labute approximate surface area is 120 Å². The summed E-state index contributed by atoms with van der Waals surface area (Å²) in [4.78, 5) is 20.0. The highest BCUT2D eigenvalue weighted by Gasteiger charge is 2.16. The monoisotopic (exact) mass is 277 g/mol. The molecule has 0 fully saturated rings. The number of pyridine rings is 1. The summed E-state index contributed by atoms with van der Waals surface area (Å²) in [7, 11) is 0. The van der Waals surface area contributed by atoms with Crippen molar-refractivity contribution < 1.29 is 9.53 Å². The minimum absolute atomic E-state index is 0.00569. The van der Waals surface area contributed by atoms with Crippen LogP contribution in [0.5, 0.6) is 0 Å². The lowest BCUT2D eigenvalue weighted by Gasteiger charge is -2.19. The number of carbonyl (C=O) groups excluding carboxylic acids is 1. The highest BCUT2D eigenvalue weighted by Crippen LogP contribution is 2.24. The molecule has 0 aliphatic heterocycles. The Morgan fingerprint density at radius 3 is 2.85 bits per heavy atom. The Balaban J connectivity index is 2.81. The fourth-order valence-corrected chi connectivity index (χ4v) is 1.97. The van der Waals surface area contributed by atoms with E-state index < -0.39 is 0 Å². The Hall–Kier alpha value is -1.91. The third-order valence-electron chi connectivity index (χ3n) is 2.88. The first-order valence-corrected chi connectivity index (χ1v) is 6.97. The van der Waals surface area contributed by atoms with Crippen LogP contribution >= 0.6 is 0 Å². The van der Waals surface area contributed by atoms with Gasteiger partial charge in [-0.15, -0.1) is 0 Å². The first-order valence-electron chi connectivity index (χ1n) is 6.97. The van der Waals surface area contributed by atoms with Crippen LogP contribution in [0.3, 0.4) is 0 Å². The molecule has 5 nitrogen and oxygen atoms in total. The smallest absolute Gasteiger partial charge is 0.307 e. The maximum atomic E-state index is 11.6. The van der Waals surface area contributed by atoms with Crippen molar-refractivity contribution in [2.75, 3.05) is 11.9 Å². The van der Waals surface area contributed by atoms with Gasteiger partial charge in [-0.1, -0.05) is 13.3 Å². The highest BCUT2D eigenvalue weighted by atomic mass is 16.5. The molecule has 0 aliphatic carbocycles. The van der Waals surface area contributed by atoms with Gasteiger partial charge in [0.25, 0.3) is 0 Å². The van der Waals surface area contributed by atoms with Crippen LogP contribution in [0, 0.1) is 6.92 Å². The van der Waals surface area contributed by atoms with Gasteiger partial charge in [0.2, 0.25) is 0 Å². The molecule has 0 spiro atoms. The lowest BCUT2D eigenvalue weighted by atomic mass is 10.1. The summed E-state index contributed by atoms with van der Waals surface area (Å²) in [6.07, 6.45) is 2.17. The van der Waals surface area contributed by atoms with Crippen LogP contribution in [-0.2, 0) is 9.53 Å². The van der Waals surface area contributed by atoms with Gasteiger partial charge in [0.15, 0.2) is 5.82 Å². The summed E-state index contributed by atoms with van der Waals surface area (Å²) < 4.78 is 5.00. The fourth-order valence-electron chi connectivity index (χ4n) is 1.97. The molecule has 5 heteroatoms. The van der Waals surface area contributed by atoms with Crippen LogP contribution in [0.15, 0.2) is 17.1 Å². The second-order valence-corrected chi connectivity index (χ2v) is 4.62. The minimum atomic E-state index is -0.195. The van der Waals surface area contributed by atoms with Crippen molar-refractivity contribution in [2.24, 2.45) is 4.99 Å². The molecule has 0 amide bonds. The molecule has 0 bridgehead atoms. The van der Waals surface area contributed by atoms with E-state index >= 15 is 0 Å². The predicted octanol–water partition coefficient (Wildman–Crippen LogP) is 3.26. The lowest BCUT2D eigenvalue weighted by Crippen LogP contribution is -2.25. The third kappa shape index (κ3) is 4.99. The van der Waals surface area contributed by atoms with Crippen LogP contribution in [-0.4, -0.2) is 30.3 Å². The van der Waals surface area contributed by atoms with Gasteiger partial charge in [0, 0.05) is 11.7 Å². The number of ether oxygens (including phenoxy) is 1. The summed E-state index contributed by atoms with van der Waals surface area (Å²) in [5.41, 5.74) is 1.59. The van der Waals surface area contributed by atoms with E-state index in [9.17, 15) is 4.79 Å². The Bertz CT molecular complexity index is 460. The average molecular weight is 277 g/mol. The lowest BCUT2D eigenvalue weighted by molar-refractivity contribution is -0.143. The zero-order valence-corrected chi connectivity index (χ0v) is 12.5. The molecule has 20 heavy (non-hydrogen) atoms. The normalized spacial score (nSPS) is 11.8. The number of nitrogens with one attached hydrogen (secondary N) is 1. The second kappa shape index (κ2) is 8.30. The molecular formula is C15H23N3O2. The number of aryl methyl sites for hydroxylation is 1. The van der Waals surface area contributed by atoms with E-state index in [0.717, 1.165) is 18.5 Å². The van der Waals surface area contributed by atoms with E-state index in [0.29, 0.717) is 24.5 Å². The van der Waals surface area contributed by atoms with Gasteiger partial charge < -0.3 is 10.1 Å². The zero-order chi connectivity index (χ0) is 15.0. The third-order valence-corrected chi connectivity index (χ3v) is 2.88. The molecule has 0 aromatic carbocycles. The Morgan fingerprint density at radius 2 is 2.25 bits per heavy atom. The largest absolute Gasteiger partial charge is 0.466 e. The van der Waals surface area contributed by atoms with Gasteiger partial charge in [0.05, 0.1) is 13.0 Å². The van der Waals surface area contributed by atoms with Gasteiger partial charge in [-0.05, 0) is 39.1 Å².